The highest BCUT2D eigenvalue weighted by Crippen LogP contribution is 2.35. The number of methoxy groups -OCH3 is 1. The lowest BCUT2D eigenvalue weighted by molar-refractivity contribution is 0.0598. The summed E-state index contributed by atoms with van der Waals surface area (Å²) in [5, 5.41) is 0.416. The Morgan fingerprint density at radius 2 is 2.05 bits per heavy atom. The van der Waals surface area contributed by atoms with E-state index in [2.05, 4.69) is 4.74 Å². The standard InChI is InChI=1S/C14H13NO5/c1-3-15-6-9(14(17)18-2)13(16)8-4-11-12(5-10(8)15)20-7-19-11/h4-6H,3,7H2,1-2H3. The molecule has 0 saturated carbocycles. The molecule has 0 N–H and O–H groups in total. The molecule has 0 bridgehead atoms. The second-order valence-corrected chi connectivity index (χ2v) is 4.37. The van der Waals surface area contributed by atoms with E-state index in [0.29, 0.717) is 28.9 Å². The van der Waals surface area contributed by atoms with Crippen LogP contribution in [0.3, 0.4) is 0 Å². The molecular formula is C14H13NO5. The van der Waals surface area contributed by atoms with Crippen LogP contribution in [0.1, 0.15) is 17.3 Å². The third kappa shape index (κ3) is 1.72. The quantitative estimate of drug-likeness (QED) is 0.778. The average molecular weight is 275 g/mol. The number of aryl methyl sites for hydroxylation is 1. The first-order valence-electron chi connectivity index (χ1n) is 6.20. The first kappa shape index (κ1) is 12.5. The van der Waals surface area contributed by atoms with Crippen molar-refractivity contribution in [3.8, 4) is 11.5 Å². The molecule has 20 heavy (non-hydrogen) atoms. The third-order valence-electron chi connectivity index (χ3n) is 3.32. The first-order valence-corrected chi connectivity index (χ1v) is 6.20. The van der Waals surface area contributed by atoms with E-state index in [1.807, 2.05) is 11.5 Å². The van der Waals surface area contributed by atoms with E-state index >= 15 is 0 Å². The molecule has 1 aliphatic rings. The molecule has 6 heteroatoms. The lowest BCUT2D eigenvalue weighted by Gasteiger charge is -2.11. The summed E-state index contributed by atoms with van der Waals surface area (Å²) in [4.78, 5) is 24.1. The molecule has 0 amide bonds. The normalized spacial score (nSPS) is 12.7. The number of nitrogens with zero attached hydrogens (tertiary/aromatic N) is 1. The number of hydrogen-bond acceptors (Lipinski definition) is 5. The minimum atomic E-state index is -0.642. The number of benzene rings is 1. The monoisotopic (exact) mass is 275 g/mol. The predicted octanol–water partition coefficient (Wildman–Crippen LogP) is 1.54. The van der Waals surface area contributed by atoms with E-state index < -0.39 is 5.97 Å². The molecule has 1 aromatic carbocycles. The number of carbonyl (C=O) groups excluding carboxylic acids is 1. The van der Waals surface area contributed by atoms with Gasteiger partial charge < -0.3 is 18.8 Å². The molecular weight excluding hydrogens is 262 g/mol. The summed E-state index contributed by atoms with van der Waals surface area (Å²) < 4.78 is 17.1. The number of carbonyl (C=O) groups is 1. The van der Waals surface area contributed by atoms with Gasteiger partial charge in [-0.05, 0) is 13.0 Å². The highest BCUT2D eigenvalue weighted by molar-refractivity contribution is 5.94. The van der Waals surface area contributed by atoms with Gasteiger partial charge in [-0.15, -0.1) is 0 Å². The maximum atomic E-state index is 12.4. The SMILES string of the molecule is CCn1cc(C(=O)OC)c(=O)c2cc3c(cc21)OCO3. The third-order valence-corrected chi connectivity index (χ3v) is 3.32. The van der Waals surface area contributed by atoms with Crippen LogP contribution in [0.25, 0.3) is 10.9 Å². The van der Waals surface area contributed by atoms with Crippen molar-refractivity contribution in [3.05, 3.63) is 34.1 Å². The molecule has 3 rings (SSSR count). The van der Waals surface area contributed by atoms with Gasteiger partial charge in [0.1, 0.15) is 5.56 Å². The molecule has 1 aliphatic heterocycles. The molecule has 1 aromatic heterocycles. The van der Waals surface area contributed by atoms with Crippen LogP contribution in [0.4, 0.5) is 0 Å². The second-order valence-electron chi connectivity index (χ2n) is 4.37. The van der Waals surface area contributed by atoms with Gasteiger partial charge in [0, 0.05) is 18.8 Å². The Hall–Kier alpha value is -2.50. The molecule has 0 spiro atoms. The van der Waals surface area contributed by atoms with Crippen LogP contribution < -0.4 is 14.9 Å². The molecule has 0 unspecified atom stereocenters. The number of esters is 1. The van der Waals surface area contributed by atoms with Gasteiger partial charge in [0.2, 0.25) is 12.2 Å². The summed E-state index contributed by atoms with van der Waals surface area (Å²) in [6.45, 7) is 2.67. The summed E-state index contributed by atoms with van der Waals surface area (Å²) in [5.41, 5.74) is 0.352. The highest BCUT2D eigenvalue weighted by atomic mass is 16.7. The molecule has 104 valence electrons. The average Bonchev–Trinajstić information content (AvgIpc) is 2.92. The van der Waals surface area contributed by atoms with Crippen LogP contribution in [-0.2, 0) is 11.3 Å². The topological polar surface area (TPSA) is 66.8 Å². The Morgan fingerprint density at radius 3 is 2.70 bits per heavy atom. The lowest BCUT2D eigenvalue weighted by Crippen LogP contribution is -2.19. The van der Waals surface area contributed by atoms with Crippen LogP contribution in [0.2, 0.25) is 0 Å². The summed E-state index contributed by atoms with van der Waals surface area (Å²) in [6, 6.07) is 3.36. The van der Waals surface area contributed by atoms with E-state index in [-0.39, 0.29) is 17.8 Å². The van der Waals surface area contributed by atoms with Crippen molar-refractivity contribution in [1.29, 1.82) is 0 Å². The molecule has 0 atom stereocenters. The maximum Gasteiger partial charge on any atom is 0.343 e. The lowest BCUT2D eigenvalue weighted by atomic mass is 10.1. The summed E-state index contributed by atoms with van der Waals surface area (Å²) in [6.07, 6.45) is 1.51. The Bertz CT molecular complexity index is 762. The van der Waals surface area contributed by atoms with Crippen molar-refractivity contribution in [1.82, 2.24) is 4.57 Å². The van der Waals surface area contributed by atoms with Gasteiger partial charge in [0.15, 0.2) is 11.5 Å². The summed E-state index contributed by atoms with van der Waals surface area (Å²) in [5.74, 6) is 0.473. The summed E-state index contributed by atoms with van der Waals surface area (Å²) in [7, 11) is 1.25. The fourth-order valence-corrected chi connectivity index (χ4v) is 2.30. The van der Waals surface area contributed by atoms with Crippen LogP contribution in [0.5, 0.6) is 11.5 Å². The highest BCUT2D eigenvalue weighted by Gasteiger charge is 2.20. The van der Waals surface area contributed by atoms with Gasteiger partial charge in [0.25, 0.3) is 0 Å². The molecule has 0 aliphatic carbocycles. The van der Waals surface area contributed by atoms with E-state index in [0.717, 1.165) is 0 Å². The molecule has 0 radical (unpaired) electrons. The Kier molecular flexibility index (Phi) is 2.85. The number of hydrogen-bond donors (Lipinski definition) is 0. The molecule has 2 heterocycles. The van der Waals surface area contributed by atoms with Gasteiger partial charge in [-0.2, -0.15) is 0 Å². The van der Waals surface area contributed by atoms with Crippen molar-refractivity contribution >= 4 is 16.9 Å². The molecule has 2 aromatic rings. The number of aromatic nitrogens is 1. The van der Waals surface area contributed by atoms with Crippen molar-refractivity contribution < 1.29 is 19.0 Å². The Morgan fingerprint density at radius 1 is 1.35 bits per heavy atom. The molecule has 0 fully saturated rings. The molecule has 6 nitrogen and oxygen atoms in total. The van der Waals surface area contributed by atoms with Crippen molar-refractivity contribution in [2.45, 2.75) is 13.5 Å². The zero-order chi connectivity index (χ0) is 14.3. The van der Waals surface area contributed by atoms with E-state index in [1.165, 1.54) is 13.3 Å². The Balaban J connectivity index is 2.37. The van der Waals surface area contributed by atoms with Gasteiger partial charge in [-0.1, -0.05) is 0 Å². The number of ether oxygens (including phenoxy) is 3. The second kappa shape index (κ2) is 4.56. The van der Waals surface area contributed by atoms with Crippen LogP contribution >= 0.6 is 0 Å². The number of fused-ring (bicyclic) bond motifs is 2. The van der Waals surface area contributed by atoms with E-state index in [1.54, 1.807) is 12.1 Å². The largest absolute Gasteiger partial charge is 0.465 e. The van der Waals surface area contributed by atoms with Gasteiger partial charge in [0.05, 0.1) is 18.0 Å². The maximum absolute atomic E-state index is 12.4. The zero-order valence-corrected chi connectivity index (χ0v) is 11.1. The van der Waals surface area contributed by atoms with Crippen LogP contribution in [0, 0.1) is 0 Å². The fraction of sp³-hybridized carbons (Fsp3) is 0.286. The Labute approximate surface area is 114 Å². The minimum Gasteiger partial charge on any atom is -0.465 e. The van der Waals surface area contributed by atoms with Crippen LogP contribution in [-0.4, -0.2) is 24.4 Å². The fourth-order valence-electron chi connectivity index (χ4n) is 2.30. The zero-order valence-electron chi connectivity index (χ0n) is 11.1. The van der Waals surface area contributed by atoms with E-state index in [4.69, 9.17) is 9.47 Å². The first-order chi connectivity index (χ1) is 9.65. The smallest absolute Gasteiger partial charge is 0.343 e. The van der Waals surface area contributed by atoms with Gasteiger partial charge >= 0.3 is 5.97 Å². The summed E-state index contributed by atoms with van der Waals surface area (Å²) >= 11 is 0. The van der Waals surface area contributed by atoms with Crippen molar-refractivity contribution in [2.75, 3.05) is 13.9 Å². The van der Waals surface area contributed by atoms with E-state index in [9.17, 15) is 9.59 Å². The van der Waals surface area contributed by atoms with Crippen molar-refractivity contribution in [2.24, 2.45) is 0 Å². The van der Waals surface area contributed by atoms with Gasteiger partial charge in [-0.25, -0.2) is 4.79 Å². The predicted molar refractivity (Wildman–Crippen MR) is 71.3 cm³/mol. The van der Waals surface area contributed by atoms with Gasteiger partial charge in [-0.3, -0.25) is 4.79 Å². The minimum absolute atomic E-state index is 0.0146. The van der Waals surface area contributed by atoms with Crippen molar-refractivity contribution in [3.63, 3.8) is 0 Å². The van der Waals surface area contributed by atoms with Crippen LogP contribution in [0.15, 0.2) is 23.1 Å². The number of pyridine rings is 1. The number of rotatable bonds is 2. The molecule has 0 saturated heterocycles.